The average Bonchev–Trinajstić information content (AvgIpc) is 3.19. The monoisotopic (exact) mass is 356 g/mol. The second-order valence-electron chi connectivity index (χ2n) is 5.78. The Morgan fingerprint density at radius 1 is 1.40 bits per heavy atom. The Kier molecular flexibility index (Phi) is 3.94. The van der Waals surface area contributed by atoms with Crippen LogP contribution in [0.4, 0.5) is 13.2 Å². The van der Waals surface area contributed by atoms with Gasteiger partial charge < -0.3 is 9.52 Å². The number of nitrogens with zero attached hydrogens (tertiary/aromatic N) is 4. The van der Waals surface area contributed by atoms with Gasteiger partial charge in [0.1, 0.15) is 5.76 Å². The molecule has 7 nitrogen and oxygen atoms in total. The minimum atomic E-state index is -5.04. The van der Waals surface area contributed by atoms with E-state index in [1.165, 1.54) is 12.1 Å². The summed E-state index contributed by atoms with van der Waals surface area (Å²) in [5, 5.41) is 17.4. The number of hydrogen-bond donors (Lipinski definition) is 1. The van der Waals surface area contributed by atoms with Gasteiger partial charge in [0.2, 0.25) is 0 Å². The number of aromatic nitrogens is 2. The van der Waals surface area contributed by atoms with Crippen LogP contribution in [-0.2, 0) is 6.54 Å². The predicted molar refractivity (Wildman–Crippen MR) is 79.8 cm³/mol. The van der Waals surface area contributed by atoms with Crippen molar-refractivity contribution in [3.8, 4) is 0 Å². The molecule has 0 bridgehead atoms. The first kappa shape index (κ1) is 17.2. The van der Waals surface area contributed by atoms with Gasteiger partial charge in [-0.1, -0.05) is 0 Å². The molecule has 1 aliphatic rings. The van der Waals surface area contributed by atoms with Gasteiger partial charge in [-0.15, -0.1) is 0 Å². The molecule has 1 N–H and O–H groups in total. The molecule has 2 aromatic heterocycles. The number of aliphatic hydroxyl groups is 1. The SMILES string of the molecule is Cc1cc(C)n(Cc2ccc(C(=O)N3N=CC[C@]3(O)C(F)(F)F)o2)n1. The van der Waals surface area contributed by atoms with Crippen molar-refractivity contribution in [1.29, 1.82) is 0 Å². The Morgan fingerprint density at radius 2 is 2.12 bits per heavy atom. The van der Waals surface area contributed by atoms with Crippen molar-refractivity contribution in [3.05, 3.63) is 41.1 Å². The maximum absolute atomic E-state index is 13.0. The van der Waals surface area contributed by atoms with Crippen LogP contribution in [0.15, 0.2) is 27.7 Å². The van der Waals surface area contributed by atoms with E-state index in [0.717, 1.165) is 17.6 Å². The van der Waals surface area contributed by atoms with Crippen LogP contribution in [0.25, 0.3) is 0 Å². The minimum Gasteiger partial charge on any atom is -0.454 e. The summed E-state index contributed by atoms with van der Waals surface area (Å²) < 4.78 is 46.1. The molecule has 3 heterocycles. The number of alkyl halides is 3. The van der Waals surface area contributed by atoms with Gasteiger partial charge in [-0.05, 0) is 32.0 Å². The second kappa shape index (κ2) is 5.73. The molecule has 1 atom stereocenters. The largest absolute Gasteiger partial charge is 0.454 e. The van der Waals surface area contributed by atoms with Crippen molar-refractivity contribution in [3.63, 3.8) is 0 Å². The fraction of sp³-hybridized carbons (Fsp3) is 0.400. The van der Waals surface area contributed by atoms with E-state index in [2.05, 4.69) is 10.2 Å². The number of rotatable bonds is 3. The smallest absolute Gasteiger partial charge is 0.438 e. The third-order valence-electron chi connectivity index (χ3n) is 3.85. The molecule has 1 amide bonds. The molecule has 3 rings (SSSR count). The summed E-state index contributed by atoms with van der Waals surface area (Å²) in [5.74, 6) is -1.18. The van der Waals surface area contributed by atoms with Crippen molar-refractivity contribution in [2.75, 3.05) is 0 Å². The molecule has 0 saturated carbocycles. The quantitative estimate of drug-likeness (QED) is 0.914. The summed E-state index contributed by atoms with van der Waals surface area (Å²) in [6.45, 7) is 3.89. The number of carbonyl (C=O) groups excluding carboxylic acids is 1. The Hall–Kier alpha value is -2.62. The molecule has 25 heavy (non-hydrogen) atoms. The van der Waals surface area contributed by atoms with Crippen molar-refractivity contribution in [2.24, 2.45) is 5.10 Å². The van der Waals surface area contributed by atoms with E-state index in [4.69, 9.17) is 4.42 Å². The lowest BCUT2D eigenvalue weighted by Crippen LogP contribution is -2.56. The third kappa shape index (κ3) is 2.93. The first-order valence-corrected chi connectivity index (χ1v) is 7.38. The Bertz CT molecular complexity index is 839. The lowest BCUT2D eigenvalue weighted by molar-refractivity contribution is -0.297. The van der Waals surface area contributed by atoms with Crippen molar-refractivity contribution in [2.45, 2.75) is 38.7 Å². The first-order valence-electron chi connectivity index (χ1n) is 7.38. The van der Waals surface area contributed by atoms with Crippen LogP contribution < -0.4 is 0 Å². The van der Waals surface area contributed by atoms with Crippen molar-refractivity contribution < 1.29 is 27.5 Å². The highest BCUT2D eigenvalue weighted by molar-refractivity contribution is 5.93. The summed E-state index contributed by atoms with van der Waals surface area (Å²) in [6, 6.07) is 4.57. The molecule has 134 valence electrons. The molecule has 10 heteroatoms. The van der Waals surface area contributed by atoms with E-state index in [1.807, 2.05) is 19.9 Å². The van der Waals surface area contributed by atoms with Gasteiger partial charge in [-0.2, -0.15) is 28.4 Å². The lowest BCUT2D eigenvalue weighted by Gasteiger charge is -2.31. The van der Waals surface area contributed by atoms with E-state index in [1.54, 1.807) is 4.68 Å². The molecule has 1 aliphatic heterocycles. The van der Waals surface area contributed by atoms with Crippen LogP contribution in [0, 0.1) is 13.8 Å². The number of furan rings is 1. The van der Waals surface area contributed by atoms with E-state index in [-0.39, 0.29) is 17.3 Å². The van der Waals surface area contributed by atoms with Crippen molar-refractivity contribution in [1.82, 2.24) is 14.8 Å². The number of carbonyl (C=O) groups is 1. The fourth-order valence-corrected chi connectivity index (χ4v) is 2.55. The molecule has 0 aliphatic carbocycles. The van der Waals surface area contributed by atoms with Crippen molar-refractivity contribution >= 4 is 12.1 Å². The topological polar surface area (TPSA) is 83.9 Å². The van der Waals surface area contributed by atoms with Crippen LogP contribution in [-0.4, -0.2) is 43.9 Å². The number of amides is 1. The highest BCUT2D eigenvalue weighted by Crippen LogP contribution is 2.39. The molecular formula is C15H15F3N4O3. The average molecular weight is 356 g/mol. The van der Waals surface area contributed by atoms with E-state index >= 15 is 0 Å². The highest BCUT2D eigenvalue weighted by atomic mass is 19.4. The maximum atomic E-state index is 13.0. The molecule has 0 aromatic carbocycles. The van der Waals surface area contributed by atoms with Crippen LogP contribution in [0.2, 0.25) is 0 Å². The second-order valence-corrected chi connectivity index (χ2v) is 5.78. The number of halogens is 3. The zero-order valence-electron chi connectivity index (χ0n) is 13.4. The summed E-state index contributed by atoms with van der Waals surface area (Å²) in [4.78, 5) is 12.3. The molecule has 0 saturated heterocycles. The van der Waals surface area contributed by atoms with Gasteiger partial charge >= 0.3 is 12.1 Å². The normalized spacial score (nSPS) is 20.5. The summed E-state index contributed by atoms with van der Waals surface area (Å²) >= 11 is 0. The molecule has 0 fully saturated rings. The predicted octanol–water partition coefficient (Wildman–Crippen LogP) is 2.22. The summed E-state index contributed by atoms with van der Waals surface area (Å²) in [5.41, 5.74) is -1.69. The third-order valence-corrected chi connectivity index (χ3v) is 3.85. The molecule has 0 spiro atoms. The van der Waals surface area contributed by atoms with Crippen LogP contribution in [0.5, 0.6) is 0 Å². The Labute approximate surface area is 140 Å². The zero-order valence-corrected chi connectivity index (χ0v) is 13.4. The minimum absolute atomic E-state index is 0.00107. The van der Waals surface area contributed by atoms with Gasteiger partial charge in [0.05, 0.1) is 12.2 Å². The van der Waals surface area contributed by atoms with E-state index in [9.17, 15) is 23.1 Å². The number of hydrogen-bond acceptors (Lipinski definition) is 5. The maximum Gasteiger partial charge on any atom is 0.438 e. The Balaban J connectivity index is 1.81. The number of aryl methyl sites for hydroxylation is 2. The van der Waals surface area contributed by atoms with Gasteiger partial charge in [0, 0.05) is 18.3 Å². The first-order chi connectivity index (χ1) is 11.6. The van der Waals surface area contributed by atoms with Crippen LogP contribution >= 0.6 is 0 Å². The number of hydrazone groups is 1. The van der Waals surface area contributed by atoms with Crippen LogP contribution in [0.1, 0.15) is 34.1 Å². The van der Waals surface area contributed by atoms with E-state index < -0.39 is 24.2 Å². The van der Waals surface area contributed by atoms with Gasteiger partial charge in [-0.3, -0.25) is 9.48 Å². The lowest BCUT2D eigenvalue weighted by atomic mass is 10.1. The van der Waals surface area contributed by atoms with Gasteiger partial charge in [0.15, 0.2) is 5.76 Å². The van der Waals surface area contributed by atoms with Gasteiger partial charge in [-0.25, -0.2) is 0 Å². The molecule has 2 aromatic rings. The van der Waals surface area contributed by atoms with E-state index in [0.29, 0.717) is 5.76 Å². The molecule has 0 radical (unpaired) electrons. The highest BCUT2D eigenvalue weighted by Gasteiger charge is 2.61. The molecule has 0 unspecified atom stereocenters. The standard InChI is InChI=1S/C15H15F3N4O3/c1-9-7-10(2)21(20-9)8-11-3-4-12(25-11)13(23)22-14(24,5-6-19-22)15(16,17)18/h3-4,6-7,24H,5,8H2,1-2H3/t14-/m0/s1. The summed E-state index contributed by atoms with van der Waals surface area (Å²) in [6.07, 6.45) is -5.04. The fourth-order valence-electron chi connectivity index (χ4n) is 2.55. The van der Waals surface area contributed by atoms with Gasteiger partial charge in [0.25, 0.3) is 5.72 Å². The van der Waals surface area contributed by atoms with Crippen LogP contribution in [0.3, 0.4) is 0 Å². The molecular weight excluding hydrogens is 341 g/mol. The zero-order chi connectivity index (χ0) is 18.4. The summed E-state index contributed by atoms with van der Waals surface area (Å²) in [7, 11) is 0. The Morgan fingerprint density at radius 3 is 2.72 bits per heavy atom.